The van der Waals surface area contributed by atoms with Crippen LogP contribution in [0.3, 0.4) is 0 Å². The van der Waals surface area contributed by atoms with Gasteiger partial charge in [0.2, 0.25) is 0 Å². The molecule has 2 atom stereocenters. The zero-order valence-corrected chi connectivity index (χ0v) is 12.8. The van der Waals surface area contributed by atoms with Crippen molar-refractivity contribution in [3.05, 3.63) is 34.2 Å². The van der Waals surface area contributed by atoms with Gasteiger partial charge in [0.05, 0.1) is 17.2 Å². The third kappa shape index (κ3) is 2.55. The predicted octanol–water partition coefficient (Wildman–Crippen LogP) is 3.85. The molecule has 0 spiro atoms. The van der Waals surface area contributed by atoms with Crippen LogP contribution in [0.5, 0.6) is 0 Å². The molecule has 5 heteroatoms. The maximum Gasteiger partial charge on any atom is 0.263 e. The normalized spacial score (nSPS) is 20.2. The molecule has 1 fully saturated rings. The summed E-state index contributed by atoms with van der Waals surface area (Å²) in [7, 11) is 0. The SMILES string of the molecule is C[C@H](NC(=O)c1sc2ccccc2c1Cl)[C@H]1CCCO1. The number of thiophene rings is 1. The molecule has 1 saturated heterocycles. The fraction of sp³-hybridized carbons (Fsp3) is 0.400. The molecular weight excluding hydrogens is 294 g/mol. The lowest BCUT2D eigenvalue weighted by molar-refractivity contribution is 0.0715. The van der Waals surface area contributed by atoms with Crippen molar-refractivity contribution in [2.75, 3.05) is 6.61 Å². The smallest absolute Gasteiger partial charge is 0.263 e. The molecule has 1 aliphatic rings. The molecule has 3 rings (SSSR count). The molecule has 1 aliphatic heterocycles. The van der Waals surface area contributed by atoms with E-state index in [1.807, 2.05) is 31.2 Å². The van der Waals surface area contributed by atoms with Gasteiger partial charge in [-0.1, -0.05) is 29.8 Å². The Bertz CT molecular complexity index is 634. The van der Waals surface area contributed by atoms with E-state index in [1.165, 1.54) is 11.3 Å². The number of nitrogens with one attached hydrogen (secondary N) is 1. The second-order valence-corrected chi connectivity index (χ2v) is 6.49. The molecule has 0 unspecified atom stereocenters. The molecular formula is C15H16ClNO2S. The van der Waals surface area contributed by atoms with Crippen LogP contribution in [0.2, 0.25) is 5.02 Å². The minimum absolute atomic E-state index is 0.00581. The Kier molecular flexibility index (Phi) is 3.96. The van der Waals surface area contributed by atoms with Gasteiger partial charge in [-0.15, -0.1) is 11.3 Å². The fourth-order valence-electron chi connectivity index (χ4n) is 2.52. The molecule has 0 aliphatic carbocycles. The Morgan fingerprint density at radius 2 is 2.30 bits per heavy atom. The summed E-state index contributed by atoms with van der Waals surface area (Å²) >= 11 is 7.75. The summed E-state index contributed by atoms with van der Waals surface area (Å²) in [5, 5.41) is 4.49. The number of ether oxygens (including phenoxy) is 1. The van der Waals surface area contributed by atoms with E-state index < -0.39 is 0 Å². The third-order valence-electron chi connectivity index (χ3n) is 3.62. The van der Waals surface area contributed by atoms with Gasteiger partial charge in [0, 0.05) is 16.7 Å². The van der Waals surface area contributed by atoms with Crippen molar-refractivity contribution in [3.63, 3.8) is 0 Å². The van der Waals surface area contributed by atoms with Gasteiger partial charge in [0.25, 0.3) is 5.91 Å². The van der Waals surface area contributed by atoms with E-state index in [9.17, 15) is 4.79 Å². The number of halogens is 1. The van der Waals surface area contributed by atoms with Gasteiger partial charge >= 0.3 is 0 Å². The van der Waals surface area contributed by atoms with E-state index in [2.05, 4.69) is 5.32 Å². The Morgan fingerprint density at radius 1 is 1.50 bits per heavy atom. The van der Waals surface area contributed by atoms with Crippen LogP contribution in [0.1, 0.15) is 29.4 Å². The van der Waals surface area contributed by atoms with E-state index in [4.69, 9.17) is 16.3 Å². The summed E-state index contributed by atoms with van der Waals surface area (Å²) in [6.45, 7) is 2.77. The van der Waals surface area contributed by atoms with E-state index >= 15 is 0 Å². The molecule has 0 bridgehead atoms. The Morgan fingerprint density at radius 3 is 3.00 bits per heavy atom. The largest absolute Gasteiger partial charge is 0.376 e. The first-order valence-corrected chi connectivity index (χ1v) is 7.96. The van der Waals surface area contributed by atoms with E-state index in [-0.39, 0.29) is 18.1 Å². The third-order valence-corrected chi connectivity index (χ3v) is 5.30. The van der Waals surface area contributed by atoms with Gasteiger partial charge in [0.1, 0.15) is 4.88 Å². The number of carbonyl (C=O) groups is 1. The minimum Gasteiger partial charge on any atom is -0.376 e. The first kappa shape index (κ1) is 13.9. The molecule has 1 N–H and O–H groups in total. The van der Waals surface area contributed by atoms with Crippen LogP contribution in [0, 0.1) is 0 Å². The number of carbonyl (C=O) groups excluding carboxylic acids is 1. The topological polar surface area (TPSA) is 38.3 Å². The van der Waals surface area contributed by atoms with Gasteiger partial charge in [-0.2, -0.15) is 0 Å². The lowest BCUT2D eigenvalue weighted by Gasteiger charge is -2.19. The van der Waals surface area contributed by atoms with E-state index in [0.29, 0.717) is 9.90 Å². The second-order valence-electron chi connectivity index (χ2n) is 5.05. The fourth-order valence-corrected chi connectivity index (χ4v) is 3.94. The van der Waals surface area contributed by atoms with Crippen molar-refractivity contribution in [2.24, 2.45) is 0 Å². The molecule has 2 heterocycles. The van der Waals surface area contributed by atoms with Crippen molar-refractivity contribution < 1.29 is 9.53 Å². The van der Waals surface area contributed by atoms with Crippen molar-refractivity contribution in [1.29, 1.82) is 0 Å². The average Bonchev–Trinajstić information content (AvgIpc) is 3.07. The first-order chi connectivity index (χ1) is 9.66. The number of hydrogen-bond donors (Lipinski definition) is 1. The van der Waals surface area contributed by atoms with Crippen molar-refractivity contribution in [2.45, 2.75) is 31.9 Å². The molecule has 20 heavy (non-hydrogen) atoms. The monoisotopic (exact) mass is 309 g/mol. The van der Waals surface area contributed by atoms with Crippen molar-refractivity contribution in [3.8, 4) is 0 Å². The molecule has 3 nitrogen and oxygen atoms in total. The van der Waals surface area contributed by atoms with Crippen molar-refractivity contribution in [1.82, 2.24) is 5.32 Å². The minimum atomic E-state index is -0.112. The van der Waals surface area contributed by atoms with Crippen LogP contribution in [0.4, 0.5) is 0 Å². The van der Waals surface area contributed by atoms with Gasteiger partial charge in [0.15, 0.2) is 0 Å². The zero-order chi connectivity index (χ0) is 14.1. The molecule has 1 amide bonds. The van der Waals surface area contributed by atoms with Gasteiger partial charge in [-0.3, -0.25) is 4.79 Å². The quantitative estimate of drug-likeness (QED) is 0.935. The molecule has 1 aromatic heterocycles. The summed E-state index contributed by atoms with van der Waals surface area (Å²) in [5.41, 5.74) is 0. The molecule has 106 valence electrons. The van der Waals surface area contributed by atoms with Crippen LogP contribution in [-0.2, 0) is 4.74 Å². The first-order valence-electron chi connectivity index (χ1n) is 6.76. The summed E-state index contributed by atoms with van der Waals surface area (Å²) in [6.07, 6.45) is 2.18. The van der Waals surface area contributed by atoms with Crippen LogP contribution in [0.25, 0.3) is 10.1 Å². The zero-order valence-electron chi connectivity index (χ0n) is 11.2. The highest BCUT2D eigenvalue weighted by atomic mass is 35.5. The highest BCUT2D eigenvalue weighted by Crippen LogP contribution is 2.35. The predicted molar refractivity (Wildman–Crippen MR) is 82.7 cm³/mol. The van der Waals surface area contributed by atoms with Crippen LogP contribution >= 0.6 is 22.9 Å². The summed E-state index contributed by atoms with van der Waals surface area (Å²) in [4.78, 5) is 12.9. The standard InChI is InChI=1S/C15H16ClNO2S/c1-9(11-6-4-8-19-11)17-15(18)14-13(16)10-5-2-3-7-12(10)20-14/h2-3,5,7,9,11H,4,6,8H2,1H3,(H,17,18)/t9-,11+/m0/s1. The summed E-state index contributed by atoms with van der Waals surface area (Å²) in [6, 6.07) is 7.80. The second kappa shape index (κ2) is 5.72. The van der Waals surface area contributed by atoms with Gasteiger partial charge in [-0.25, -0.2) is 0 Å². The van der Waals surface area contributed by atoms with E-state index in [0.717, 1.165) is 29.5 Å². The van der Waals surface area contributed by atoms with Crippen LogP contribution in [-0.4, -0.2) is 24.7 Å². The average molecular weight is 310 g/mol. The lowest BCUT2D eigenvalue weighted by Crippen LogP contribution is -2.40. The molecule has 0 radical (unpaired) electrons. The Labute approximate surface area is 126 Å². The van der Waals surface area contributed by atoms with Crippen LogP contribution in [0.15, 0.2) is 24.3 Å². The number of amides is 1. The van der Waals surface area contributed by atoms with E-state index in [1.54, 1.807) is 0 Å². The number of benzene rings is 1. The molecule has 2 aromatic rings. The highest BCUT2D eigenvalue weighted by Gasteiger charge is 2.25. The van der Waals surface area contributed by atoms with Gasteiger partial charge < -0.3 is 10.1 Å². The Balaban J connectivity index is 1.80. The van der Waals surface area contributed by atoms with Crippen LogP contribution < -0.4 is 5.32 Å². The number of fused-ring (bicyclic) bond motifs is 1. The maximum absolute atomic E-state index is 12.4. The molecule has 1 aromatic carbocycles. The number of rotatable bonds is 3. The lowest BCUT2D eigenvalue weighted by atomic mass is 10.1. The number of hydrogen-bond acceptors (Lipinski definition) is 3. The maximum atomic E-state index is 12.4. The Hall–Kier alpha value is -1.10. The molecule has 0 saturated carbocycles. The highest BCUT2D eigenvalue weighted by molar-refractivity contribution is 7.21. The van der Waals surface area contributed by atoms with Crippen molar-refractivity contribution >= 4 is 38.9 Å². The summed E-state index contributed by atoms with van der Waals surface area (Å²) < 4.78 is 6.63. The van der Waals surface area contributed by atoms with Gasteiger partial charge in [-0.05, 0) is 25.8 Å². The summed E-state index contributed by atoms with van der Waals surface area (Å²) in [5.74, 6) is -0.112.